The van der Waals surface area contributed by atoms with Crippen molar-refractivity contribution in [3.8, 4) is 0 Å². The van der Waals surface area contributed by atoms with E-state index in [-0.39, 0.29) is 46.2 Å². The van der Waals surface area contributed by atoms with E-state index in [0.717, 1.165) is 0 Å². The lowest BCUT2D eigenvalue weighted by molar-refractivity contribution is -0.518. The zero-order valence-electron chi connectivity index (χ0n) is 26.5. The van der Waals surface area contributed by atoms with Crippen molar-refractivity contribution in [2.75, 3.05) is 36.4 Å². The number of rotatable bonds is 11. The predicted octanol–water partition coefficient (Wildman–Crippen LogP) is 5.58. The molecule has 2 aliphatic rings. The van der Waals surface area contributed by atoms with Crippen LogP contribution in [-0.2, 0) is 14.4 Å². The Kier molecular flexibility index (Phi) is 10.5. The van der Waals surface area contributed by atoms with E-state index in [4.69, 9.17) is 0 Å². The Bertz CT molecular complexity index is 1390. The van der Waals surface area contributed by atoms with Crippen LogP contribution >= 0.6 is 23.1 Å². The van der Waals surface area contributed by atoms with Gasteiger partial charge in [0.05, 0.1) is 29.1 Å². The number of thioether (sulfide) groups is 1. The zero-order valence-corrected chi connectivity index (χ0v) is 28.2. The monoisotopic (exact) mass is 617 g/mol. The van der Waals surface area contributed by atoms with Gasteiger partial charge in [-0.15, -0.1) is 0 Å². The molecule has 0 atom stereocenters. The van der Waals surface area contributed by atoms with Gasteiger partial charge in [0.15, 0.2) is 10.9 Å². The van der Waals surface area contributed by atoms with Gasteiger partial charge in [-0.2, -0.15) is 0 Å². The van der Waals surface area contributed by atoms with Crippen molar-refractivity contribution in [2.45, 2.75) is 82.1 Å². The number of hydrogen-bond acceptors (Lipinski definition) is 8. The number of hydrogen-bond donors (Lipinski definition) is 3. The zero-order chi connectivity index (χ0) is 31.6. The van der Waals surface area contributed by atoms with E-state index >= 15 is 0 Å². The van der Waals surface area contributed by atoms with Gasteiger partial charge in [-0.1, -0.05) is 52.9 Å². The number of Topliss-reactive ketones (excluding diaryl/α,β-unsaturated/α-hetero) is 1. The Morgan fingerprint density at radius 3 is 1.93 bits per heavy atom. The van der Waals surface area contributed by atoms with Crippen molar-refractivity contribution in [2.24, 2.45) is 15.8 Å². The quantitative estimate of drug-likeness (QED) is 0.219. The second-order valence-corrected chi connectivity index (χ2v) is 13.5. The number of ketones is 1. The van der Waals surface area contributed by atoms with Crippen LogP contribution in [0.4, 0.5) is 10.9 Å². The van der Waals surface area contributed by atoms with Crippen molar-refractivity contribution in [3.63, 3.8) is 0 Å². The molecule has 1 aliphatic carbocycles. The van der Waals surface area contributed by atoms with Gasteiger partial charge < -0.3 is 15.3 Å². The molecule has 0 aromatic carbocycles. The molecule has 230 valence electrons. The molecule has 12 heteroatoms. The number of thiazole rings is 1. The van der Waals surface area contributed by atoms with Gasteiger partial charge in [-0.3, -0.25) is 24.3 Å². The van der Waals surface area contributed by atoms with E-state index in [1.807, 2.05) is 78.7 Å². The lowest BCUT2D eigenvalue weighted by Gasteiger charge is -2.24. The number of aliphatic hydroxyl groups is 1. The Morgan fingerprint density at radius 2 is 1.45 bits per heavy atom. The van der Waals surface area contributed by atoms with E-state index in [1.54, 1.807) is 0 Å². The molecule has 2 heterocycles. The summed E-state index contributed by atoms with van der Waals surface area (Å²) in [7, 11) is 0. The van der Waals surface area contributed by atoms with Crippen LogP contribution in [0.15, 0.2) is 21.2 Å². The summed E-state index contributed by atoms with van der Waals surface area (Å²) in [4.78, 5) is 52.3. The summed E-state index contributed by atoms with van der Waals surface area (Å²) in [5.41, 5.74) is -1.07. The molecule has 3 rings (SSSR count). The minimum Gasteiger partial charge on any atom is -0.506 e. The van der Waals surface area contributed by atoms with Gasteiger partial charge in [0.25, 0.3) is 5.84 Å². The van der Waals surface area contributed by atoms with Crippen LogP contribution < -0.4 is 15.5 Å². The molecular formula is C30H45N6O4S2+. The molecule has 1 aromatic heterocycles. The van der Waals surface area contributed by atoms with Crippen LogP contribution in [-0.4, -0.2) is 69.4 Å². The highest BCUT2D eigenvalue weighted by atomic mass is 32.2. The molecule has 1 aromatic rings. The van der Waals surface area contributed by atoms with Crippen LogP contribution in [0, 0.1) is 10.8 Å². The van der Waals surface area contributed by atoms with Crippen LogP contribution in [0.25, 0.3) is 5.57 Å². The molecule has 3 N–H and O–H groups in total. The number of amides is 2. The fraction of sp³-hybridized carbons (Fsp3) is 0.600. The Morgan fingerprint density at radius 1 is 0.905 bits per heavy atom. The molecule has 2 amide bonds. The Hall–Kier alpha value is -2.99. The Balaban J connectivity index is 2.16. The number of nitrogens with one attached hydrogen (secondary N) is 2. The molecule has 42 heavy (non-hydrogen) atoms. The average Bonchev–Trinajstić information content (AvgIpc) is 3.54. The molecule has 10 nitrogen and oxygen atoms in total. The van der Waals surface area contributed by atoms with Crippen LogP contribution in [0.5, 0.6) is 0 Å². The van der Waals surface area contributed by atoms with Crippen molar-refractivity contribution in [1.29, 1.82) is 0 Å². The number of carbonyl (C=O) groups excluding carboxylic acids is 3. The summed E-state index contributed by atoms with van der Waals surface area (Å²) in [6, 6.07) is 0. The third-order valence-corrected chi connectivity index (χ3v) is 10.4. The molecular weight excluding hydrogens is 573 g/mol. The molecule has 0 bridgehead atoms. The van der Waals surface area contributed by atoms with Crippen LogP contribution in [0.1, 0.15) is 87.0 Å². The maximum Gasteiger partial charge on any atom is 0.362 e. The summed E-state index contributed by atoms with van der Waals surface area (Å²) < 4.78 is 2.03. The van der Waals surface area contributed by atoms with E-state index < -0.39 is 10.8 Å². The summed E-state index contributed by atoms with van der Waals surface area (Å²) in [5, 5.41) is 18.6. The standard InChI is InChI=1S/C30H44N6O4S2/c1-11-29(7,8)25(39)31-23-21(41-27(33-23)35(13-3)14-4)17-19(37)18(20(17)38)22-24(32-26(40)30(9,10)12-2)34-28(42-22)36(15-5)16-6/h11-16H2,1-10H3,(H2,31,32,37,38,39,40)/p+1. The number of aromatic nitrogens is 1. The molecule has 0 radical (unpaired) electrons. The first kappa shape index (κ1) is 33.5. The van der Waals surface area contributed by atoms with E-state index in [9.17, 15) is 19.5 Å². The first-order valence-electron chi connectivity index (χ1n) is 14.7. The van der Waals surface area contributed by atoms with Crippen LogP contribution in [0.3, 0.4) is 0 Å². The fourth-order valence-corrected chi connectivity index (χ4v) is 6.47. The van der Waals surface area contributed by atoms with Crippen molar-refractivity contribution in [3.05, 3.63) is 21.1 Å². The summed E-state index contributed by atoms with van der Waals surface area (Å²) in [6.07, 6.45) is 1.24. The number of aliphatic imine (C=N–C) groups is 1. The summed E-state index contributed by atoms with van der Waals surface area (Å²) in [6.45, 7) is 22.1. The highest BCUT2D eigenvalue weighted by Crippen LogP contribution is 2.47. The summed E-state index contributed by atoms with van der Waals surface area (Å²) in [5.74, 6) is -0.489. The number of allylic oxidation sites excluding steroid dienone is 2. The highest BCUT2D eigenvalue weighted by Gasteiger charge is 2.46. The van der Waals surface area contributed by atoms with Crippen molar-refractivity contribution < 1.29 is 24.1 Å². The van der Waals surface area contributed by atoms with Crippen LogP contribution in [0.2, 0.25) is 0 Å². The first-order valence-corrected chi connectivity index (χ1v) is 16.3. The first-order chi connectivity index (χ1) is 19.7. The van der Waals surface area contributed by atoms with Gasteiger partial charge in [0.1, 0.15) is 10.7 Å². The van der Waals surface area contributed by atoms with E-state index in [1.165, 1.54) is 23.1 Å². The third-order valence-electron chi connectivity index (χ3n) is 8.14. The molecule has 0 saturated carbocycles. The van der Waals surface area contributed by atoms with Gasteiger partial charge in [0, 0.05) is 35.7 Å². The maximum absolute atomic E-state index is 13.8. The topological polar surface area (TPSA) is 127 Å². The number of amidine groups is 2. The van der Waals surface area contributed by atoms with Gasteiger partial charge >= 0.3 is 5.17 Å². The molecule has 0 unspecified atom stereocenters. The van der Waals surface area contributed by atoms with E-state index in [2.05, 4.69) is 20.6 Å². The highest BCUT2D eigenvalue weighted by molar-refractivity contribution is 8.18. The normalized spacial score (nSPS) is 17.3. The molecule has 0 spiro atoms. The number of aliphatic hydroxyl groups excluding tert-OH is 1. The lowest BCUT2D eigenvalue weighted by Crippen LogP contribution is -2.41. The van der Waals surface area contributed by atoms with Gasteiger partial charge in [-0.25, -0.2) is 4.98 Å². The van der Waals surface area contributed by atoms with E-state index in [0.29, 0.717) is 59.1 Å². The minimum absolute atomic E-state index is 0.106. The maximum atomic E-state index is 13.8. The molecule has 0 saturated heterocycles. The minimum atomic E-state index is -0.642. The largest absolute Gasteiger partial charge is 0.506 e. The predicted molar refractivity (Wildman–Crippen MR) is 174 cm³/mol. The smallest absolute Gasteiger partial charge is 0.362 e. The van der Waals surface area contributed by atoms with Crippen molar-refractivity contribution >= 4 is 68.2 Å². The van der Waals surface area contributed by atoms with Gasteiger partial charge in [-0.05, 0) is 45.5 Å². The third kappa shape index (κ3) is 6.34. The number of carbonyl (C=O) groups is 3. The average molecular weight is 618 g/mol. The second kappa shape index (κ2) is 13.1. The Labute approximate surface area is 257 Å². The number of anilines is 2. The summed E-state index contributed by atoms with van der Waals surface area (Å²) >= 11 is 2.52. The van der Waals surface area contributed by atoms with Crippen molar-refractivity contribution in [1.82, 2.24) is 10.3 Å². The molecule has 1 aliphatic heterocycles. The second-order valence-electron chi connectivity index (χ2n) is 11.5. The fourth-order valence-electron chi connectivity index (χ4n) is 4.08. The van der Waals surface area contributed by atoms with Gasteiger partial charge in [0.2, 0.25) is 17.6 Å². The number of nitrogens with zero attached hydrogens (tertiary/aromatic N) is 4. The SMILES string of the molecule is CCN(CC)c1nc(NC(=O)C(C)(C)CC)c(C2=C(O)/C(=C3/SC(=[N+](CC)CC)N=C3NC(=O)C(C)(C)CC)C2=O)s1. The lowest BCUT2D eigenvalue weighted by atomic mass is 9.85. The molecule has 0 fully saturated rings.